The van der Waals surface area contributed by atoms with Crippen LogP contribution >= 0.6 is 0 Å². The minimum atomic E-state index is 0.773. The van der Waals surface area contributed by atoms with Crippen molar-refractivity contribution in [1.29, 1.82) is 0 Å². The van der Waals surface area contributed by atoms with Crippen molar-refractivity contribution in [3.05, 3.63) is 0 Å². The van der Waals surface area contributed by atoms with Gasteiger partial charge >= 0.3 is 0 Å². The molecule has 2 rings (SSSR count). The van der Waals surface area contributed by atoms with Gasteiger partial charge < -0.3 is 10.1 Å². The molecule has 3 nitrogen and oxygen atoms in total. The van der Waals surface area contributed by atoms with Crippen LogP contribution in [0, 0.1) is 5.92 Å². The number of methoxy groups -OCH3 is 1. The van der Waals surface area contributed by atoms with Crippen molar-refractivity contribution in [2.24, 2.45) is 5.92 Å². The Balaban J connectivity index is 1.80. The van der Waals surface area contributed by atoms with Gasteiger partial charge in [0.05, 0.1) is 6.61 Å². The molecule has 0 radical (unpaired) electrons. The largest absolute Gasteiger partial charge is 0.384 e. The van der Waals surface area contributed by atoms with Crippen molar-refractivity contribution in [3.63, 3.8) is 0 Å². The Morgan fingerprint density at radius 2 is 2.36 bits per heavy atom. The summed E-state index contributed by atoms with van der Waals surface area (Å²) in [7, 11) is 1.82. The third kappa shape index (κ3) is 2.47. The SMILES string of the molecule is COCC1CCCN(C2CCNC2)C1. The van der Waals surface area contributed by atoms with Crippen molar-refractivity contribution >= 4 is 0 Å². The average molecular weight is 198 g/mol. The predicted octanol–water partition coefficient (Wildman–Crippen LogP) is 0.707. The van der Waals surface area contributed by atoms with Crippen LogP contribution in [0.2, 0.25) is 0 Å². The average Bonchev–Trinajstić information content (AvgIpc) is 2.71. The molecule has 0 aromatic carbocycles. The van der Waals surface area contributed by atoms with Crippen molar-refractivity contribution in [1.82, 2.24) is 10.2 Å². The molecule has 0 aliphatic carbocycles. The van der Waals surface area contributed by atoms with Gasteiger partial charge in [-0.1, -0.05) is 0 Å². The Labute approximate surface area is 86.8 Å². The lowest BCUT2D eigenvalue weighted by atomic mass is 9.97. The molecule has 0 aromatic rings. The van der Waals surface area contributed by atoms with E-state index in [-0.39, 0.29) is 0 Å². The number of piperidine rings is 1. The molecule has 3 heteroatoms. The normalized spacial score (nSPS) is 34.9. The Hall–Kier alpha value is -0.120. The van der Waals surface area contributed by atoms with Crippen LogP contribution in [0.5, 0.6) is 0 Å². The maximum Gasteiger partial charge on any atom is 0.0502 e. The molecule has 2 aliphatic heterocycles. The number of rotatable bonds is 3. The Morgan fingerprint density at radius 1 is 1.43 bits per heavy atom. The van der Waals surface area contributed by atoms with Crippen LogP contribution in [0.3, 0.4) is 0 Å². The molecule has 0 aromatic heterocycles. The molecule has 0 amide bonds. The van der Waals surface area contributed by atoms with E-state index in [0.29, 0.717) is 0 Å². The van der Waals surface area contributed by atoms with E-state index < -0.39 is 0 Å². The summed E-state index contributed by atoms with van der Waals surface area (Å²) in [6, 6.07) is 0.801. The molecule has 0 bridgehead atoms. The van der Waals surface area contributed by atoms with E-state index in [4.69, 9.17) is 4.74 Å². The molecule has 2 atom stereocenters. The first kappa shape index (κ1) is 10.4. The van der Waals surface area contributed by atoms with E-state index in [1.807, 2.05) is 7.11 Å². The number of ether oxygens (including phenoxy) is 1. The fourth-order valence-corrected chi connectivity index (χ4v) is 2.75. The molecular weight excluding hydrogens is 176 g/mol. The number of likely N-dealkylation sites (tertiary alicyclic amines) is 1. The summed E-state index contributed by atoms with van der Waals surface area (Å²) in [5, 5.41) is 3.44. The monoisotopic (exact) mass is 198 g/mol. The summed E-state index contributed by atoms with van der Waals surface area (Å²) in [6.45, 7) is 5.89. The summed E-state index contributed by atoms with van der Waals surface area (Å²) in [4.78, 5) is 2.66. The second-order valence-corrected chi connectivity index (χ2v) is 4.61. The van der Waals surface area contributed by atoms with E-state index in [1.54, 1.807) is 0 Å². The van der Waals surface area contributed by atoms with E-state index >= 15 is 0 Å². The lowest BCUT2D eigenvalue weighted by Gasteiger charge is -2.36. The summed E-state index contributed by atoms with van der Waals surface area (Å²) in [6.07, 6.45) is 4.04. The van der Waals surface area contributed by atoms with Gasteiger partial charge in [0.25, 0.3) is 0 Å². The van der Waals surface area contributed by atoms with Gasteiger partial charge in [0.15, 0.2) is 0 Å². The molecule has 0 spiro atoms. The standard InChI is InChI=1S/C11H22N2O/c1-14-9-10-3-2-6-13(8-10)11-4-5-12-7-11/h10-12H,2-9H2,1H3. The van der Waals surface area contributed by atoms with Crippen LogP contribution in [0.4, 0.5) is 0 Å². The van der Waals surface area contributed by atoms with Gasteiger partial charge in [-0.25, -0.2) is 0 Å². The number of nitrogens with zero attached hydrogens (tertiary/aromatic N) is 1. The van der Waals surface area contributed by atoms with Crippen LogP contribution in [0.25, 0.3) is 0 Å². The van der Waals surface area contributed by atoms with Crippen LogP contribution in [0.15, 0.2) is 0 Å². The molecule has 82 valence electrons. The zero-order chi connectivity index (χ0) is 9.80. The van der Waals surface area contributed by atoms with Crippen LogP contribution in [-0.4, -0.2) is 50.8 Å². The van der Waals surface area contributed by atoms with Crippen molar-refractivity contribution in [3.8, 4) is 0 Å². The number of hydrogen-bond donors (Lipinski definition) is 1. The maximum absolute atomic E-state index is 5.25. The van der Waals surface area contributed by atoms with Gasteiger partial charge in [0, 0.05) is 26.2 Å². The molecule has 2 fully saturated rings. The fourth-order valence-electron chi connectivity index (χ4n) is 2.75. The first-order valence-electron chi connectivity index (χ1n) is 5.84. The Kier molecular flexibility index (Phi) is 3.79. The molecule has 14 heavy (non-hydrogen) atoms. The molecule has 2 unspecified atom stereocenters. The van der Waals surface area contributed by atoms with Crippen LogP contribution in [-0.2, 0) is 4.74 Å². The van der Waals surface area contributed by atoms with Gasteiger partial charge in [-0.15, -0.1) is 0 Å². The van der Waals surface area contributed by atoms with E-state index in [9.17, 15) is 0 Å². The Bertz CT molecular complexity index is 167. The first-order valence-corrected chi connectivity index (χ1v) is 5.84. The van der Waals surface area contributed by atoms with Gasteiger partial charge in [0.1, 0.15) is 0 Å². The highest BCUT2D eigenvalue weighted by atomic mass is 16.5. The highest BCUT2D eigenvalue weighted by molar-refractivity contribution is 4.84. The molecule has 2 aliphatic rings. The quantitative estimate of drug-likeness (QED) is 0.723. The van der Waals surface area contributed by atoms with Crippen molar-refractivity contribution in [2.75, 3.05) is 39.9 Å². The van der Waals surface area contributed by atoms with E-state index in [2.05, 4.69) is 10.2 Å². The van der Waals surface area contributed by atoms with Gasteiger partial charge in [-0.2, -0.15) is 0 Å². The summed E-state index contributed by atoms with van der Waals surface area (Å²) in [5.41, 5.74) is 0. The number of nitrogens with one attached hydrogen (secondary N) is 1. The zero-order valence-electron chi connectivity index (χ0n) is 9.17. The predicted molar refractivity (Wildman–Crippen MR) is 57.4 cm³/mol. The topological polar surface area (TPSA) is 24.5 Å². The second kappa shape index (κ2) is 5.10. The minimum Gasteiger partial charge on any atom is -0.384 e. The minimum absolute atomic E-state index is 0.773. The third-order valence-corrected chi connectivity index (χ3v) is 3.50. The maximum atomic E-state index is 5.25. The van der Waals surface area contributed by atoms with Gasteiger partial charge in [-0.05, 0) is 38.3 Å². The van der Waals surface area contributed by atoms with E-state index in [0.717, 1.165) is 18.6 Å². The summed E-state index contributed by atoms with van der Waals surface area (Å²) in [5.74, 6) is 0.773. The van der Waals surface area contributed by atoms with Crippen molar-refractivity contribution < 1.29 is 4.74 Å². The van der Waals surface area contributed by atoms with Gasteiger partial charge in [0.2, 0.25) is 0 Å². The first-order chi connectivity index (χ1) is 6.90. The van der Waals surface area contributed by atoms with Crippen LogP contribution < -0.4 is 5.32 Å². The molecule has 2 saturated heterocycles. The summed E-state index contributed by atoms with van der Waals surface area (Å²) < 4.78 is 5.25. The highest BCUT2D eigenvalue weighted by Crippen LogP contribution is 2.20. The fraction of sp³-hybridized carbons (Fsp3) is 1.00. The third-order valence-electron chi connectivity index (χ3n) is 3.50. The highest BCUT2D eigenvalue weighted by Gasteiger charge is 2.27. The summed E-state index contributed by atoms with van der Waals surface area (Å²) >= 11 is 0. The molecule has 2 heterocycles. The second-order valence-electron chi connectivity index (χ2n) is 4.61. The molecular formula is C11H22N2O. The Morgan fingerprint density at radius 3 is 3.07 bits per heavy atom. The molecule has 1 N–H and O–H groups in total. The lowest BCUT2D eigenvalue weighted by molar-refractivity contribution is 0.0725. The van der Waals surface area contributed by atoms with Gasteiger partial charge in [-0.3, -0.25) is 4.90 Å². The molecule has 0 saturated carbocycles. The van der Waals surface area contributed by atoms with Crippen molar-refractivity contribution in [2.45, 2.75) is 25.3 Å². The number of hydrogen-bond acceptors (Lipinski definition) is 3. The zero-order valence-corrected chi connectivity index (χ0v) is 9.17. The lowest BCUT2D eigenvalue weighted by Crippen LogP contribution is -2.44. The van der Waals surface area contributed by atoms with Crippen LogP contribution in [0.1, 0.15) is 19.3 Å². The smallest absolute Gasteiger partial charge is 0.0502 e. The van der Waals surface area contributed by atoms with E-state index in [1.165, 1.54) is 45.4 Å².